The van der Waals surface area contributed by atoms with Gasteiger partial charge in [0.2, 0.25) is 0 Å². The predicted octanol–water partition coefficient (Wildman–Crippen LogP) is -0.872. The van der Waals surface area contributed by atoms with Crippen LogP contribution in [-0.2, 0) is 7.05 Å². The topological polar surface area (TPSA) is 76.7 Å². The van der Waals surface area contributed by atoms with Crippen molar-refractivity contribution in [2.45, 2.75) is 13.0 Å². The van der Waals surface area contributed by atoms with Crippen molar-refractivity contribution in [1.29, 1.82) is 0 Å². The molecular weight excluding hydrogens is 132 g/mol. The van der Waals surface area contributed by atoms with E-state index in [0.29, 0.717) is 5.82 Å². The van der Waals surface area contributed by atoms with E-state index in [-0.39, 0.29) is 11.7 Å². The summed E-state index contributed by atoms with van der Waals surface area (Å²) in [7, 11) is 1.63. The van der Waals surface area contributed by atoms with E-state index in [1.54, 1.807) is 14.0 Å². The molecule has 0 spiro atoms. The maximum Gasteiger partial charge on any atom is 0.343 e. The van der Waals surface area contributed by atoms with E-state index in [4.69, 9.17) is 5.73 Å². The fourth-order valence-corrected chi connectivity index (χ4v) is 0.766. The second-order valence-electron chi connectivity index (χ2n) is 2.23. The number of nitrogens with zero attached hydrogens (tertiary/aromatic N) is 2. The van der Waals surface area contributed by atoms with Crippen LogP contribution in [-0.4, -0.2) is 14.8 Å². The van der Waals surface area contributed by atoms with Crippen LogP contribution in [0.3, 0.4) is 0 Å². The summed E-state index contributed by atoms with van der Waals surface area (Å²) in [5, 5.41) is 6.01. The highest BCUT2D eigenvalue weighted by Gasteiger charge is 2.06. The zero-order valence-electron chi connectivity index (χ0n) is 5.96. The fraction of sp³-hybridized carbons (Fsp3) is 0.600. The lowest BCUT2D eigenvalue weighted by Gasteiger charge is -2.00. The van der Waals surface area contributed by atoms with Crippen molar-refractivity contribution in [1.82, 2.24) is 14.8 Å². The minimum atomic E-state index is -0.229. The quantitative estimate of drug-likeness (QED) is 0.535. The first-order chi connectivity index (χ1) is 4.63. The van der Waals surface area contributed by atoms with E-state index in [9.17, 15) is 4.79 Å². The van der Waals surface area contributed by atoms with Crippen molar-refractivity contribution in [3.05, 3.63) is 16.3 Å². The largest absolute Gasteiger partial charge is 0.343 e. The Balaban J connectivity index is 3.18. The lowest BCUT2D eigenvalue weighted by atomic mass is 10.3. The molecule has 0 aliphatic carbocycles. The van der Waals surface area contributed by atoms with Gasteiger partial charge in [0, 0.05) is 7.05 Å². The van der Waals surface area contributed by atoms with Crippen molar-refractivity contribution in [3.63, 3.8) is 0 Å². The summed E-state index contributed by atoms with van der Waals surface area (Å²) in [5.74, 6) is 0.574. The van der Waals surface area contributed by atoms with Crippen LogP contribution in [0.4, 0.5) is 0 Å². The number of hydrogen-bond donors (Lipinski definition) is 2. The van der Waals surface area contributed by atoms with E-state index in [1.807, 2.05) is 0 Å². The molecule has 0 aliphatic heterocycles. The molecule has 0 aromatic carbocycles. The average Bonchev–Trinajstić information content (AvgIpc) is 2.14. The normalized spacial score (nSPS) is 13.5. The second-order valence-corrected chi connectivity index (χ2v) is 2.23. The molecule has 0 saturated heterocycles. The summed E-state index contributed by atoms with van der Waals surface area (Å²) >= 11 is 0. The minimum absolute atomic E-state index is 0.205. The SMILES string of the molecule is C[C@H](N)c1n[nH]c(=O)n1C. The Labute approximate surface area is 57.9 Å². The lowest BCUT2D eigenvalue weighted by Crippen LogP contribution is -2.18. The number of aromatic amines is 1. The Morgan fingerprint density at radius 2 is 2.40 bits per heavy atom. The van der Waals surface area contributed by atoms with E-state index in [2.05, 4.69) is 10.2 Å². The molecule has 1 rings (SSSR count). The number of rotatable bonds is 1. The zero-order chi connectivity index (χ0) is 7.72. The number of hydrogen-bond acceptors (Lipinski definition) is 3. The molecule has 5 nitrogen and oxygen atoms in total. The first-order valence-electron chi connectivity index (χ1n) is 3.00. The number of aromatic nitrogens is 3. The minimum Gasteiger partial charge on any atom is -0.322 e. The molecule has 3 N–H and O–H groups in total. The second kappa shape index (κ2) is 2.26. The maximum atomic E-state index is 10.7. The van der Waals surface area contributed by atoms with Gasteiger partial charge in [-0.25, -0.2) is 9.89 Å². The molecule has 0 fully saturated rings. The van der Waals surface area contributed by atoms with Gasteiger partial charge in [-0.05, 0) is 6.92 Å². The average molecular weight is 142 g/mol. The van der Waals surface area contributed by atoms with Gasteiger partial charge < -0.3 is 5.73 Å². The van der Waals surface area contributed by atoms with Gasteiger partial charge in [0.25, 0.3) is 0 Å². The molecule has 1 heterocycles. The van der Waals surface area contributed by atoms with E-state index in [1.165, 1.54) is 4.57 Å². The molecule has 0 unspecified atom stereocenters. The van der Waals surface area contributed by atoms with Crippen LogP contribution in [0.5, 0.6) is 0 Å². The molecule has 0 bridgehead atoms. The summed E-state index contributed by atoms with van der Waals surface area (Å²) in [5.41, 5.74) is 5.26. The molecule has 56 valence electrons. The summed E-state index contributed by atoms with van der Waals surface area (Å²) in [6.07, 6.45) is 0. The molecule has 1 aromatic rings. The first kappa shape index (κ1) is 7.01. The van der Waals surface area contributed by atoms with Gasteiger partial charge in [0.1, 0.15) is 5.82 Å². The maximum absolute atomic E-state index is 10.7. The van der Waals surface area contributed by atoms with E-state index >= 15 is 0 Å². The number of nitrogens with two attached hydrogens (primary N) is 1. The Morgan fingerprint density at radius 1 is 1.80 bits per heavy atom. The highest BCUT2D eigenvalue weighted by molar-refractivity contribution is 4.90. The van der Waals surface area contributed by atoms with Crippen molar-refractivity contribution < 1.29 is 0 Å². The Hall–Kier alpha value is -1.10. The van der Waals surface area contributed by atoms with Crippen molar-refractivity contribution in [3.8, 4) is 0 Å². The predicted molar refractivity (Wildman–Crippen MR) is 36.4 cm³/mol. The third kappa shape index (κ3) is 0.950. The lowest BCUT2D eigenvalue weighted by molar-refractivity contribution is 0.677. The standard InChI is InChI=1S/C5H10N4O/c1-3(6)4-7-8-5(10)9(4)2/h3H,6H2,1-2H3,(H,8,10)/t3-/m0/s1. The van der Waals surface area contributed by atoms with Gasteiger partial charge in [-0.3, -0.25) is 4.57 Å². The van der Waals surface area contributed by atoms with Crippen molar-refractivity contribution >= 4 is 0 Å². The monoisotopic (exact) mass is 142 g/mol. The molecular formula is C5H10N4O. The Kier molecular flexibility index (Phi) is 1.58. The van der Waals surface area contributed by atoms with Gasteiger partial charge in [0.05, 0.1) is 6.04 Å². The molecule has 1 aromatic heterocycles. The van der Waals surface area contributed by atoms with Gasteiger partial charge in [-0.2, -0.15) is 5.10 Å². The molecule has 1 atom stereocenters. The summed E-state index contributed by atoms with van der Waals surface area (Å²) in [4.78, 5) is 10.7. The summed E-state index contributed by atoms with van der Waals surface area (Å²) in [6.45, 7) is 1.77. The van der Waals surface area contributed by atoms with Crippen molar-refractivity contribution in [2.75, 3.05) is 0 Å². The van der Waals surface area contributed by atoms with E-state index in [0.717, 1.165) is 0 Å². The van der Waals surface area contributed by atoms with E-state index < -0.39 is 0 Å². The van der Waals surface area contributed by atoms with Gasteiger partial charge in [0.15, 0.2) is 0 Å². The Morgan fingerprint density at radius 3 is 2.60 bits per heavy atom. The van der Waals surface area contributed by atoms with Crippen LogP contribution in [0.2, 0.25) is 0 Å². The molecule has 10 heavy (non-hydrogen) atoms. The van der Waals surface area contributed by atoms with Gasteiger partial charge >= 0.3 is 5.69 Å². The van der Waals surface area contributed by atoms with Crippen LogP contribution in [0.25, 0.3) is 0 Å². The first-order valence-corrected chi connectivity index (χ1v) is 3.00. The highest BCUT2D eigenvalue weighted by Crippen LogP contribution is 1.98. The zero-order valence-corrected chi connectivity index (χ0v) is 5.96. The number of H-pyrrole nitrogens is 1. The highest BCUT2D eigenvalue weighted by atomic mass is 16.1. The summed E-state index contributed by atoms with van der Waals surface area (Å²) < 4.78 is 1.39. The smallest absolute Gasteiger partial charge is 0.322 e. The Bertz CT molecular complexity index is 271. The van der Waals surface area contributed by atoms with Crippen LogP contribution in [0.15, 0.2) is 4.79 Å². The molecule has 5 heteroatoms. The van der Waals surface area contributed by atoms with Gasteiger partial charge in [-0.15, -0.1) is 0 Å². The van der Waals surface area contributed by atoms with Crippen LogP contribution < -0.4 is 11.4 Å². The summed E-state index contributed by atoms with van der Waals surface area (Å²) in [6, 6.07) is -0.205. The molecule has 0 aliphatic rings. The number of nitrogens with one attached hydrogen (secondary N) is 1. The van der Waals surface area contributed by atoms with Gasteiger partial charge in [-0.1, -0.05) is 0 Å². The third-order valence-electron chi connectivity index (χ3n) is 1.32. The third-order valence-corrected chi connectivity index (χ3v) is 1.32. The molecule has 0 saturated carbocycles. The van der Waals surface area contributed by atoms with Crippen LogP contribution in [0.1, 0.15) is 18.8 Å². The molecule has 0 amide bonds. The van der Waals surface area contributed by atoms with Crippen LogP contribution in [0, 0.1) is 0 Å². The fourth-order valence-electron chi connectivity index (χ4n) is 0.766. The van der Waals surface area contributed by atoms with Crippen molar-refractivity contribution in [2.24, 2.45) is 12.8 Å². The molecule has 0 radical (unpaired) electrons. The van der Waals surface area contributed by atoms with Crippen LogP contribution >= 0.6 is 0 Å².